The number of rotatable bonds is 7. The van der Waals surface area contributed by atoms with Crippen LogP contribution < -0.4 is 16.0 Å². The standard InChI is InChI=1S/C24H30N4O3/c1-3-22(29)26-20-8-10-21(11-9-20)27-23(30)16-25-19-6-4-18(5-7-19)24(31)28-14-12-17(2)13-15-28/h4-11,17,25H,3,12-16H2,1-2H3,(H,26,29)(H,27,30). The molecule has 0 bridgehead atoms. The van der Waals surface area contributed by atoms with Crippen LogP contribution in [0.1, 0.15) is 43.5 Å². The van der Waals surface area contributed by atoms with Crippen molar-refractivity contribution in [2.75, 3.05) is 35.6 Å². The van der Waals surface area contributed by atoms with Crippen LogP contribution in [0.2, 0.25) is 0 Å². The summed E-state index contributed by atoms with van der Waals surface area (Å²) in [6.07, 6.45) is 2.52. The minimum absolute atomic E-state index is 0.0563. The molecule has 0 atom stereocenters. The van der Waals surface area contributed by atoms with Gasteiger partial charge < -0.3 is 20.9 Å². The zero-order valence-corrected chi connectivity index (χ0v) is 18.1. The first-order valence-corrected chi connectivity index (χ1v) is 10.8. The van der Waals surface area contributed by atoms with E-state index in [2.05, 4.69) is 22.9 Å². The van der Waals surface area contributed by atoms with Crippen molar-refractivity contribution in [3.8, 4) is 0 Å². The summed E-state index contributed by atoms with van der Waals surface area (Å²) in [6, 6.07) is 14.2. The summed E-state index contributed by atoms with van der Waals surface area (Å²) in [5.41, 5.74) is 2.78. The molecule has 3 amide bonds. The van der Waals surface area contributed by atoms with Gasteiger partial charge in [0.05, 0.1) is 6.54 Å². The molecule has 1 fully saturated rings. The molecule has 2 aromatic rings. The molecular weight excluding hydrogens is 392 g/mol. The topological polar surface area (TPSA) is 90.5 Å². The minimum Gasteiger partial charge on any atom is -0.376 e. The van der Waals surface area contributed by atoms with Gasteiger partial charge in [0, 0.05) is 42.1 Å². The lowest BCUT2D eigenvalue weighted by atomic mass is 9.98. The smallest absolute Gasteiger partial charge is 0.253 e. The van der Waals surface area contributed by atoms with E-state index in [4.69, 9.17) is 0 Å². The van der Waals surface area contributed by atoms with Crippen molar-refractivity contribution < 1.29 is 14.4 Å². The predicted molar refractivity (Wildman–Crippen MR) is 123 cm³/mol. The minimum atomic E-state index is -0.187. The van der Waals surface area contributed by atoms with Crippen LogP contribution in [0.15, 0.2) is 48.5 Å². The maximum absolute atomic E-state index is 12.6. The first kappa shape index (κ1) is 22.3. The normalized spacial score (nSPS) is 14.1. The fraction of sp³-hybridized carbons (Fsp3) is 0.375. The zero-order chi connectivity index (χ0) is 22.2. The SMILES string of the molecule is CCC(=O)Nc1ccc(NC(=O)CNc2ccc(C(=O)N3CCC(C)CC3)cc2)cc1. The van der Waals surface area contributed by atoms with Gasteiger partial charge in [0.15, 0.2) is 0 Å². The van der Waals surface area contributed by atoms with Gasteiger partial charge >= 0.3 is 0 Å². The van der Waals surface area contributed by atoms with Crippen LogP contribution in [0.25, 0.3) is 0 Å². The van der Waals surface area contributed by atoms with Crippen LogP contribution in [-0.2, 0) is 9.59 Å². The van der Waals surface area contributed by atoms with E-state index in [1.165, 1.54) is 0 Å². The summed E-state index contributed by atoms with van der Waals surface area (Å²) in [4.78, 5) is 38.1. The Hall–Kier alpha value is -3.35. The molecule has 0 unspecified atom stereocenters. The molecule has 0 aliphatic carbocycles. The van der Waals surface area contributed by atoms with Crippen molar-refractivity contribution in [2.45, 2.75) is 33.1 Å². The molecule has 7 nitrogen and oxygen atoms in total. The van der Waals surface area contributed by atoms with Gasteiger partial charge in [0.25, 0.3) is 5.91 Å². The number of nitrogens with one attached hydrogen (secondary N) is 3. The number of carbonyl (C=O) groups excluding carboxylic acids is 3. The lowest BCUT2D eigenvalue weighted by Gasteiger charge is -2.30. The quantitative estimate of drug-likeness (QED) is 0.630. The van der Waals surface area contributed by atoms with Crippen LogP contribution in [0.5, 0.6) is 0 Å². The molecule has 31 heavy (non-hydrogen) atoms. The fourth-order valence-corrected chi connectivity index (χ4v) is 3.40. The second-order valence-electron chi connectivity index (χ2n) is 7.93. The zero-order valence-electron chi connectivity index (χ0n) is 18.1. The number of nitrogens with zero attached hydrogens (tertiary/aromatic N) is 1. The monoisotopic (exact) mass is 422 g/mol. The third kappa shape index (κ3) is 6.57. The average molecular weight is 423 g/mol. The molecule has 0 aromatic heterocycles. The van der Waals surface area contributed by atoms with Crippen LogP contribution in [0, 0.1) is 5.92 Å². The van der Waals surface area contributed by atoms with Crippen molar-refractivity contribution in [2.24, 2.45) is 5.92 Å². The Kier molecular flexibility index (Phi) is 7.65. The summed E-state index contributed by atoms with van der Waals surface area (Å²) in [7, 11) is 0. The Balaban J connectivity index is 1.46. The largest absolute Gasteiger partial charge is 0.376 e. The molecule has 3 rings (SSSR count). The molecule has 1 heterocycles. The van der Waals surface area contributed by atoms with Crippen LogP contribution in [0.3, 0.4) is 0 Å². The molecule has 7 heteroatoms. The van der Waals surface area contributed by atoms with Gasteiger partial charge in [-0.3, -0.25) is 14.4 Å². The third-order valence-electron chi connectivity index (χ3n) is 5.43. The van der Waals surface area contributed by atoms with E-state index in [-0.39, 0.29) is 24.3 Å². The third-order valence-corrected chi connectivity index (χ3v) is 5.43. The second-order valence-corrected chi connectivity index (χ2v) is 7.93. The summed E-state index contributed by atoms with van der Waals surface area (Å²) >= 11 is 0. The summed E-state index contributed by atoms with van der Waals surface area (Å²) in [5.74, 6) is 0.503. The first-order chi connectivity index (χ1) is 14.9. The Morgan fingerprint density at radius 1 is 0.839 bits per heavy atom. The number of likely N-dealkylation sites (tertiary alicyclic amines) is 1. The summed E-state index contributed by atoms with van der Waals surface area (Å²) < 4.78 is 0. The highest BCUT2D eigenvalue weighted by Crippen LogP contribution is 2.19. The van der Waals surface area contributed by atoms with Crippen molar-refractivity contribution in [1.29, 1.82) is 0 Å². The number of piperidine rings is 1. The van der Waals surface area contributed by atoms with Crippen molar-refractivity contribution in [3.63, 3.8) is 0 Å². The summed E-state index contributed by atoms with van der Waals surface area (Å²) in [6.45, 7) is 5.74. The number of carbonyl (C=O) groups is 3. The molecule has 1 saturated heterocycles. The molecule has 3 N–H and O–H groups in total. The molecule has 0 saturated carbocycles. The van der Waals surface area contributed by atoms with Gasteiger partial charge in [0.1, 0.15) is 0 Å². The lowest BCUT2D eigenvalue weighted by Crippen LogP contribution is -2.37. The van der Waals surface area contributed by atoms with Crippen LogP contribution in [0.4, 0.5) is 17.1 Å². The Bertz CT molecular complexity index is 901. The van der Waals surface area contributed by atoms with Crippen molar-refractivity contribution >= 4 is 34.8 Å². The van der Waals surface area contributed by atoms with Crippen molar-refractivity contribution in [3.05, 3.63) is 54.1 Å². The Morgan fingerprint density at radius 2 is 1.35 bits per heavy atom. The molecule has 2 aromatic carbocycles. The number of benzene rings is 2. The first-order valence-electron chi connectivity index (χ1n) is 10.8. The Morgan fingerprint density at radius 3 is 1.90 bits per heavy atom. The molecule has 164 valence electrons. The Labute approximate surface area is 183 Å². The van der Waals surface area contributed by atoms with E-state index in [0.29, 0.717) is 29.3 Å². The van der Waals surface area contributed by atoms with Gasteiger partial charge in [-0.25, -0.2) is 0 Å². The van der Waals surface area contributed by atoms with E-state index in [1.54, 1.807) is 43.3 Å². The molecule has 1 aliphatic rings. The number of hydrogen-bond donors (Lipinski definition) is 3. The number of hydrogen-bond acceptors (Lipinski definition) is 4. The van der Waals surface area contributed by atoms with Gasteiger partial charge in [-0.2, -0.15) is 0 Å². The van der Waals surface area contributed by atoms with E-state index >= 15 is 0 Å². The number of anilines is 3. The second kappa shape index (κ2) is 10.6. The van der Waals surface area contributed by atoms with Gasteiger partial charge in [-0.1, -0.05) is 13.8 Å². The van der Waals surface area contributed by atoms with Gasteiger partial charge in [-0.15, -0.1) is 0 Å². The maximum Gasteiger partial charge on any atom is 0.253 e. The average Bonchev–Trinajstić information content (AvgIpc) is 2.79. The highest BCUT2D eigenvalue weighted by Gasteiger charge is 2.21. The highest BCUT2D eigenvalue weighted by molar-refractivity contribution is 5.96. The maximum atomic E-state index is 12.6. The van der Waals surface area contributed by atoms with Crippen LogP contribution in [-0.4, -0.2) is 42.3 Å². The van der Waals surface area contributed by atoms with E-state index in [1.807, 2.05) is 17.0 Å². The highest BCUT2D eigenvalue weighted by atomic mass is 16.2. The molecule has 1 aliphatic heterocycles. The lowest BCUT2D eigenvalue weighted by molar-refractivity contribution is -0.116. The van der Waals surface area contributed by atoms with Crippen LogP contribution >= 0.6 is 0 Å². The molecule has 0 radical (unpaired) electrons. The van der Waals surface area contributed by atoms with E-state index in [9.17, 15) is 14.4 Å². The number of amides is 3. The molecular formula is C24H30N4O3. The van der Waals surface area contributed by atoms with Gasteiger partial charge in [-0.05, 0) is 67.3 Å². The predicted octanol–water partition coefficient (Wildman–Crippen LogP) is 3.96. The van der Waals surface area contributed by atoms with E-state index in [0.717, 1.165) is 31.6 Å². The van der Waals surface area contributed by atoms with Crippen molar-refractivity contribution in [1.82, 2.24) is 4.90 Å². The van der Waals surface area contributed by atoms with Gasteiger partial charge in [0.2, 0.25) is 11.8 Å². The molecule has 0 spiro atoms. The summed E-state index contributed by atoms with van der Waals surface area (Å²) in [5, 5.41) is 8.64. The van der Waals surface area contributed by atoms with E-state index < -0.39 is 0 Å². The fourth-order valence-electron chi connectivity index (χ4n) is 3.40.